The second kappa shape index (κ2) is 6.00. The van der Waals surface area contributed by atoms with E-state index >= 15 is 0 Å². The van der Waals surface area contributed by atoms with Crippen LogP contribution in [0.3, 0.4) is 0 Å². The summed E-state index contributed by atoms with van der Waals surface area (Å²) in [6.45, 7) is 0.448. The maximum absolute atomic E-state index is 12.2. The number of carbonyl (C=O) groups excluding carboxylic acids is 1. The molecule has 3 heterocycles. The highest BCUT2D eigenvalue weighted by molar-refractivity contribution is 6.35. The highest BCUT2D eigenvalue weighted by atomic mass is 35.5. The number of furan rings is 1. The van der Waals surface area contributed by atoms with Crippen molar-refractivity contribution in [2.45, 2.75) is 18.9 Å². The molecule has 122 valence electrons. The van der Waals surface area contributed by atoms with Crippen molar-refractivity contribution in [1.82, 2.24) is 9.78 Å². The third-order valence-corrected chi connectivity index (χ3v) is 4.68. The van der Waals surface area contributed by atoms with E-state index in [1.807, 2.05) is 18.2 Å². The lowest BCUT2D eigenvalue weighted by Gasteiger charge is -2.24. The molecule has 0 fully saturated rings. The molecule has 0 saturated heterocycles. The van der Waals surface area contributed by atoms with Crippen LogP contribution in [0.2, 0.25) is 10.0 Å². The minimum atomic E-state index is -0.149. The van der Waals surface area contributed by atoms with E-state index in [9.17, 15) is 4.79 Å². The van der Waals surface area contributed by atoms with E-state index in [4.69, 9.17) is 27.6 Å². The molecule has 0 aliphatic carbocycles. The molecule has 1 aliphatic heterocycles. The lowest BCUT2D eigenvalue weighted by atomic mass is 9.87. The smallest absolute Gasteiger partial charge is 0.226 e. The Morgan fingerprint density at radius 2 is 2.17 bits per heavy atom. The van der Waals surface area contributed by atoms with Crippen molar-refractivity contribution >= 4 is 34.9 Å². The van der Waals surface area contributed by atoms with Gasteiger partial charge in [0.15, 0.2) is 0 Å². The average molecular weight is 362 g/mol. The normalized spacial score (nSPS) is 16.8. The maximum atomic E-state index is 12.2. The van der Waals surface area contributed by atoms with Gasteiger partial charge in [0, 0.05) is 27.9 Å². The highest BCUT2D eigenvalue weighted by Crippen LogP contribution is 2.40. The van der Waals surface area contributed by atoms with E-state index in [0.29, 0.717) is 28.8 Å². The summed E-state index contributed by atoms with van der Waals surface area (Å²) in [4.78, 5) is 12.2. The van der Waals surface area contributed by atoms with Gasteiger partial charge in [-0.25, -0.2) is 4.68 Å². The van der Waals surface area contributed by atoms with E-state index in [0.717, 1.165) is 16.9 Å². The predicted octanol–water partition coefficient (Wildman–Crippen LogP) is 4.31. The first-order chi connectivity index (χ1) is 11.6. The summed E-state index contributed by atoms with van der Waals surface area (Å²) in [6.07, 6.45) is 3.70. The van der Waals surface area contributed by atoms with Gasteiger partial charge in [-0.15, -0.1) is 0 Å². The molecule has 0 bridgehead atoms. The summed E-state index contributed by atoms with van der Waals surface area (Å²) in [6, 6.07) is 9.02. The topological polar surface area (TPSA) is 60.1 Å². The zero-order chi connectivity index (χ0) is 16.7. The Bertz CT molecular complexity index is 903. The van der Waals surface area contributed by atoms with Crippen LogP contribution in [-0.2, 0) is 11.3 Å². The van der Waals surface area contributed by atoms with Crippen molar-refractivity contribution in [1.29, 1.82) is 0 Å². The molecule has 1 aromatic carbocycles. The first kappa shape index (κ1) is 15.3. The van der Waals surface area contributed by atoms with Gasteiger partial charge >= 0.3 is 0 Å². The van der Waals surface area contributed by atoms with Crippen LogP contribution in [0.5, 0.6) is 0 Å². The molecule has 4 rings (SSSR count). The van der Waals surface area contributed by atoms with Gasteiger partial charge in [0.25, 0.3) is 0 Å². The molecule has 2 aromatic heterocycles. The third kappa shape index (κ3) is 2.70. The van der Waals surface area contributed by atoms with E-state index in [2.05, 4.69) is 10.4 Å². The summed E-state index contributed by atoms with van der Waals surface area (Å²) in [5, 5.41) is 8.42. The first-order valence-corrected chi connectivity index (χ1v) is 8.20. The molecule has 0 spiro atoms. The molecule has 24 heavy (non-hydrogen) atoms. The van der Waals surface area contributed by atoms with Crippen molar-refractivity contribution in [3.8, 4) is 0 Å². The lowest BCUT2D eigenvalue weighted by molar-refractivity contribution is -0.116. The van der Waals surface area contributed by atoms with Gasteiger partial charge in [-0.1, -0.05) is 29.3 Å². The SMILES string of the molecule is O=C1CC(c2ccc(Cl)cc2Cl)c2cnn(Cc3ccco3)c2N1. The number of anilines is 1. The van der Waals surface area contributed by atoms with E-state index < -0.39 is 0 Å². The number of hydrogen-bond acceptors (Lipinski definition) is 3. The fraction of sp³-hybridized carbons (Fsp3) is 0.176. The zero-order valence-corrected chi connectivity index (χ0v) is 14.0. The summed E-state index contributed by atoms with van der Waals surface area (Å²) in [5.74, 6) is 1.23. The average Bonchev–Trinajstić information content (AvgIpc) is 3.18. The Morgan fingerprint density at radius 3 is 2.92 bits per heavy atom. The summed E-state index contributed by atoms with van der Waals surface area (Å²) in [5.41, 5.74) is 1.81. The van der Waals surface area contributed by atoms with Gasteiger partial charge < -0.3 is 9.73 Å². The number of nitrogens with zero attached hydrogens (tertiary/aromatic N) is 2. The van der Waals surface area contributed by atoms with Gasteiger partial charge in [0.2, 0.25) is 5.91 Å². The third-order valence-electron chi connectivity index (χ3n) is 4.11. The molecule has 1 N–H and O–H groups in total. The Morgan fingerprint density at radius 1 is 1.29 bits per heavy atom. The quantitative estimate of drug-likeness (QED) is 0.756. The number of rotatable bonds is 3. The molecular weight excluding hydrogens is 349 g/mol. The molecular formula is C17H13Cl2N3O2. The van der Waals surface area contributed by atoms with Crippen LogP contribution in [-0.4, -0.2) is 15.7 Å². The van der Waals surface area contributed by atoms with Gasteiger partial charge in [0.05, 0.1) is 12.5 Å². The van der Waals surface area contributed by atoms with Crippen molar-refractivity contribution in [3.05, 3.63) is 69.7 Å². The summed E-state index contributed by atoms with van der Waals surface area (Å²) in [7, 11) is 0. The van der Waals surface area contributed by atoms with Crippen LogP contribution in [0.25, 0.3) is 0 Å². The molecule has 1 atom stereocenters. The lowest BCUT2D eigenvalue weighted by Crippen LogP contribution is -2.25. The fourth-order valence-corrected chi connectivity index (χ4v) is 3.54. The molecule has 3 aromatic rings. The van der Waals surface area contributed by atoms with Crippen molar-refractivity contribution < 1.29 is 9.21 Å². The number of fused-ring (bicyclic) bond motifs is 1. The molecule has 1 aliphatic rings. The predicted molar refractivity (Wildman–Crippen MR) is 91.6 cm³/mol. The van der Waals surface area contributed by atoms with E-state index in [1.165, 1.54) is 0 Å². The van der Waals surface area contributed by atoms with Gasteiger partial charge in [-0.3, -0.25) is 4.79 Å². The number of carbonyl (C=O) groups is 1. The number of halogens is 2. The molecule has 1 amide bonds. The maximum Gasteiger partial charge on any atom is 0.226 e. The van der Waals surface area contributed by atoms with Crippen LogP contribution in [0.4, 0.5) is 5.82 Å². The van der Waals surface area contributed by atoms with Gasteiger partial charge in [-0.2, -0.15) is 5.10 Å². The minimum Gasteiger partial charge on any atom is -0.467 e. The van der Waals surface area contributed by atoms with Crippen LogP contribution in [0.15, 0.2) is 47.2 Å². The Kier molecular flexibility index (Phi) is 3.82. The van der Waals surface area contributed by atoms with Crippen LogP contribution < -0.4 is 5.32 Å². The molecule has 0 saturated carbocycles. The van der Waals surface area contributed by atoms with E-state index in [-0.39, 0.29) is 11.8 Å². The first-order valence-electron chi connectivity index (χ1n) is 7.44. The Hall–Kier alpha value is -2.24. The largest absolute Gasteiger partial charge is 0.467 e. The van der Waals surface area contributed by atoms with Crippen molar-refractivity contribution in [3.63, 3.8) is 0 Å². The van der Waals surface area contributed by atoms with Crippen molar-refractivity contribution in [2.24, 2.45) is 0 Å². The van der Waals surface area contributed by atoms with Gasteiger partial charge in [-0.05, 0) is 29.8 Å². The Labute approximate surface area is 148 Å². The fourth-order valence-electron chi connectivity index (χ4n) is 3.00. The molecule has 1 unspecified atom stereocenters. The van der Waals surface area contributed by atoms with Crippen LogP contribution >= 0.6 is 23.2 Å². The van der Waals surface area contributed by atoms with Crippen molar-refractivity contribution in [2.75, 3.05) is 5.32 Å². The monoisotopic (exact) mass is 361 g/mol. The zero-order valence-electron chi connectivity index (χ0n) is 12.5. The standard InChI is InChI=1S/C17H13Cl2N3O2/c18-10-3-4-12(15(19)6-10)13-7-16(23)21-17-14(13)8-20-22(17)9-11-2-1-5-24-11/h1-6,8,13H,7,9H2,(H,21,23). The summed E-state index contributed by atoms with van der Waals surface area (Å²) >= 11 is 12.3. The second-order valence-corrected chi connectivity index (χ2v) is 6.50. The number of amides is 1. The summed E-state index contributed by atoms with van der Waals surface area (Å²) < 4.78 is 7.08. The number of nitrogens with one attached hydrogen (secondary N) is 1. The molecule has 7 heteroatoms. The second-order valence-electron chi connectivity index (χ2n) is 5.66. The number of hydrogen-bond donors (Lipinski definition) is 1. The van der Waals surface area contributed by atoms with E-state index in [1.54, 1.807) is 29.3 Å². The highest BCUT2D eigenvalue weighted by Gasteiger charge is 2.31. The molecule has 0 radical (unpaired) electrons. The Balaban J connectivity index is 1.75. The van der Waals surface area contributed by atoms with Crippen LogP contribution in [0.1, 0.15) is 29.2 Å². The minimum absolute atomic E-state index is 0.0697. The molecule has 5 nitrogen and oxygen atoms in total. The van der Waals surface area contributed by atoms with Gasteiger partial charge in [0.1, 0.15) is 18.1 Å². The number of aromatic nitrogens is 2. The van der Waals surface area contributed by atoms with Crippen LogP contribution in [0, 0.1) is 0 Å². The number of benzene rings is 1.